The number of nitrogens with one attached hydrogen (secondary N) is 1. The maximum absolute atomic E-state index is 13.1. The van der Waals surface area contributed by atoms with Crippen LogP contribution in [0.25, 0.3) is 0 Å². The normalized spacial score (nSPS) is 16.6. The van der Waals surface area contributed by atoms with Crippen molar-refractivity contribution in [3.63, 3.8) is 0 Å². The minimum atomic E-state index is -3.49. The van der Waals surface area contributed by atoms with Crippen molar-refractivity contribution in [3.05, 3.63) is 35.6 Å². The molecule has 0 radical (unpaired) electrons. The Balaban J connectivity index is 1.82. The Morgan fingerprint density at radius 3 is 2.50 bits per heavy atom. The molecule has 8 heteroatoms. The molecule has 0 saturated carbocycles. The smallest absolute Gasteiger partial charge is 0.279 e. The van der Waals surface area contributed by atoms with Gasteiger partial charge in [0, 0.05) is 38.6 Å². The molecule has 1 aliphatic rings. The Bertz CT molecular complexity index is 671. The van der Waals surface area contributed by atoms with Crippen molar-refractivity contribution >= 4 is 16.1 Å². The zero-order valence-corrected chi connectivity index (χ0v) is 14.9. The highest BCUT2D eigenvalue weighted by molar-refractivity contribution is 7.87. The van der Waals surface area contributed by atoms with Crippen LogP contribution in [0.1, 0.15) is 25.8 Å². The maximum Gasteiger partial charge on any atom is 0.279 e. The van der Waals surface area contributed by atoms with E-state index in [4.69, 9.17) is 0 Å². The molecule has 1 aromatic carbocycles. The van der Waals surface area contributed by atoms with E-state index in [0.29, 0.717) is 25.9 Å². The van der Waals surface area contributed by atoms with Gasteiger partial charge < -0.3 is 4.90 Å². The van der Waals surface area contributed by atoms with Gasteiger partial charge in [0.1, 0.15) is 5.82 Å². The number of carbonyl (C=O) groups is 1. The van der Waals surface area contributed by atoms with Crippen LogP contribution in [0.2, 0.25) is 0 Å². The lowest BCUT2D eigenvalue weighted by molar-refractivity contribution is -0.132. The Kier molecular flexibility index (Phi) is 6.31. The SMILES string of the molecule is CC(C)NS(=O)(=O)N1CCN(C(=O)CCc2cccc(F)c2)CC1. The van der Waals surface area contributed by atoms with Crippen molar-refractivity contribution < 1.29 is 17.6 Å². The Morgan fingerprint density at radius 1 is 1.25 bits per heavy atom. The monoisotopic (exact) mass is 357 g/mol. The van der Waals surface area contributed by atoms with E-state index in [2.05, 4.69) is 4.72 Å². The summed E-state index contributed by atoms with van der Waals surface area (Å²) in [6, 6.07) is 6.05. The fraction of sp³-hybridized carbons (Fsp3) is 0.562. The number of piperazine rings is 1. The van der Waals surface area contributed by atoms with Crippen LogP contribution in [0.5, 0.6) is 0 Å². The minimum absolute atomic E-state index is 0.0341. The van der Waals surface area contributed by atoms with E-state index in [1.165, 1.54) is 16.4 Å². The molecule has 1 saturated heterocycles. The van der Waals surface area contributed by atoms with Crippen molar-refractivity contribution in [2.75, 3.05) is 26.2 Å². The van der Waals surface area contributed by atoms with Gasteiger partial charge in [0.25, 0.3) is 10.2 Å². The second kappa shape index (κ2) is 8.04. The third-order valence-electron chi connectivity index (χ3n) is 3.83. The van der Waals surface area contributed by atoms with Crippen molar-refractivity contribution in [1.82, 2.24) is 13.9 Å². The van der Waals surface area contributed by atoms with Crippen LogP contribution in [0.3, 0.4) is 0 Å². The van der Waals surface area contributed by atoms with E-state index in [-0.39, 0.29) is 30.9 Å². The largest absolute Gasteiger partial charge is 0.340 e. The summed E-state index contributed by atoms with van der Waals surface area (Å²) >= 11 is 0. The van der Waals surface area contributed by atoms with Crippen LogP contribution < -0.4 is 4.72 Å². The molecular formula is C16H24FN3O3S. The molecule has 1 aliphatic heterocycles. The number of nitrogens with zero attached hydrogens (tertiary/aromatic N) is 2. The van der Waals surface area contributed by atoms with Gasteiger partial charge in [0.05, 0.1) is 0 Å². The topological polar surface area (TPSA) is 69.7 Å². The van der Waals surface area contributed by atoms with E-state index < -0.39 is 10.2 Å². The number of carbonyl (C=O) groups excluding carboxylic acids is 1. The molecule has 0 bridgehead atoms. The third-order valence-corrected chi connectivity index (χ3v) is 5.65. The van der Waals surface area contributed by atoms with Gasteiger partial charge in [-0.1, -0.05) is 12.1 Å². The summed E-state index contributed by atoms with van der Waals surface area (Å²) < 4.78 is 41.2. The summed E-state index contributed by atoms with van der Waals surface area (Å²) in [6.45, 7) is 4.86. The van der Waals surface area contributed by atoms with Crippen LogP contribution in [0.4, 0.5) is 4.39 Å². The van der Waals surface area contributed by atoms with Crippen molar-refractivity contribution in [3.8, 4) is 0 Å². The van der Waals surface area contributed by atoms with Crippen molar-refractivity contribution in [1.29, 1.82) is 0 Å². The fourth-order valence-electron chi connectivity index (χ4n) is 2.65. The van der Waals surface area contributed by atoms with Crippen molar-refractivity contribution in [2.24, 2.45) is 0 Å². The number of hydrogen-bond acceptors (Lipinski definition) is 3. The second-order valence-corrected chi connectivity index (χ2v) is 7.89. The standard InChI is InChI=1S/C16H24FN3O3S/c1-13(2)18-24(22,23)20-10-8-19(9-11-20)16(21)7-6-14-4-3-5-15(17)12-14/h3-5,12-13,18H,6-11H2,1-2H3. The quantitative estimate of drug-likeness (QED) is 0.830. The highest BCUT2D eigenvalue weighted by Crippen LogP contribution is 2.11. The predicted octanol–water partition coefficient (Wildman–Crippen LogP) is 1.15. The molecule has 0 aromatic heterocycles. The molecule has 1 amide bonds. The first kappa shape index (κ1) is 18.8. The Labute approximate surface area is 142 Å². The molecule has 1 heterocycles. The first-order chi connectivity index (χ1) is 11.3. The number of aryl methyl sites for hydroxylation is 1. The molecule has 2 rings (SSSR count). The number of rotatable bonds is 6. The van der Waals surface area contributed by atoms with Gasteiger partial charge in [-0.15, -0.1) is 0 Å². The number of hydrogen-bond donors (Lipinski definition) is 1. The lowest BCUT2D eigenvalue weighted by atomic mass is 10.1. The first-order valence-corrected chi connectivity index (χ1v) is 9.51. The zero-order valence-electron chi connectivity index (χ0n) is 14.0. The van der Waals surface area contributed by atoms with E-state index in [9.17, 15) is 17.6 Å². The fourth-order valence-corrected chi connectivity index (χ4v) is 4.04. The molecule has 134 valence electrons. The average Bonchev–Trinajstić information content (AvgIpc) is 2.51. The molecule has 0 spiro atoms. The molecule has 0 unspecified atom stereocenters. The highest BCUT2D eigenvalue weighted by atomic mass is 32.2. The van der Waals surface area contributed by atoms with E-state index in [1.807, 2.05) is 0 Å². The summed E-state index contributed by atoms with van der Waals surface area (Å²) in [5, 5.41) is 0. The molecule has 6 nitrogen and oxygen atoms in total. The molecule has 1 aromatic rings. The summed E-state index contributed by atoms with van der Waals surface area (Å²) in [7, 11) is -3.49. The zero-order chi connectivity index (χ0) is 17.7. The highest BCUT2D eigenvalue weighted by Gasteiger charge is 2.28. The summed E-state index contributed by atoms with van der Waals surface area (Å²) in [5.41, 5.74) is 0.783. The van der Waals surface area contributed by atoms with Gasteiger partial charge in [-0.25, -0.2) is 4.39 Å². The first-order valence-electron chi connectivity index (χ1n) is 8.07. The number of benzene rings is 1. The van der Waals surface area contributed by atoms with Crippen LogP contribution >= 0.6 is 0 Å². The van der Waals surface area contributed by atoms with Gasteiger partial charge >= 0.3 is 0 Å². The summed E-state index contributed by atoms with van der Waals surface area (Å²) in [4.78, 5) is 13.9. The van der Waals surface area contributed by atoms with Crippen LogP contribution in [-0.2, 0) is 21.4 Å². The van der Waals surface area contributed by atoms with Gasteiger partial charge in [-0.05, 0) is 38.0 Å². The Morgan fingerprint density at radius 2 is 1.92 bits per heavy atom. The van der Waals surface area contributed by atoms with Gasteiger partial charge in [0.2, 0.25) is 5.91 Å². The number of amides is 1. The van der Waals surface area contributed by atoms with Gasteiger partial charge in [0.15, 0.2) is 0 Å². The second-order valence-electron chi connectivity index (χ2n) is 6.19. The molecule has 24 heavy (non-hydrogen) atoms. The van der Waals surface area contributed by atoms with E-state index in [1.54, 1.807) is 30.9 Å². The van der Waals surface area contributed by atoms with Gasteiger partial charge in [-0.3, -0.25) is 4.79 Å². The lowest BCUT2D eigenvalue weighted by Gasteiger charge is -2.34. The predicted molar refractivity (Wildman–Crippen MR) is 90.1 cm³/mol. The van der Waals surface area contributed by atoms with Crippen LogP contribution in [0, 0.1) is 5.82 Å². The molecule has 1 fully saturated rings. The molecule has 1 N–H and O–H groups in total. The molecule has 0 atom stereocenters. The summed E-state index contributed by atoms with van der Waals surface area (Å²) in [6.07, 6.45) is 0.768. The lowest BCUT2D eigenvalue weighted by Crippen LogP contribution is -2.54. The van der Waals surface area contributed by atoms with Crippen molar-refractivity contribution in [2.45, 2.75) is 32.7 Å². The Hall–Kier alpha value is -1.51. The summed E-state index contributed by atoms with van der Waals surface area (Å²) in [5.74, 6) is -0.343. The third kappa shape index (κ3) is 5.25. The van der Waals surface area contributed by atoms with Crippen LogP contribution in [0.15, 0.2) is 24.3 Å². The van der Waals surface area contributed by atoms with E-state index >= 15 is 0 Å². The molecule has 0 aliphatic carbocycles. The van der Waals surface area contributed by atoms with E-state index in [0.717, 1.165) is 5.56 Å². The minimum Gasteiger partial charge on any atom is -0.340 e. The number of halogens is 1. The average molecular weight is 357 g/mol. The van der Waals surface area contributed by atoms with Gasteiger partial charge in [-0.2, -0.15) is 17.4 Å². The maximum atomic E-state index is 13.1. The molecular weight excluding hydrogens is 333 g/mol. The van der Waals surface area contributed by atoms with Crippen LogP contribution in [-0.4, -0.2) is 55.8 Å².